The molecule has 3 fully saturated rings. The molecule has 3 amide bonds. The Hall–Kier alpha value is -2.93. The van der Waals surface area contributed by atoms with Crippen LogP contribution < -0.4 is 5.32 Å². The Kier molecular flexibility index (Phi) is 6.06. The lowest BCUT2D eigenvalue weighted by Gasteiger charge is -2.43. The number of nitrogens with zero attached hydrogens (tertiary/aromatic N) is 2. The summed E-state index contributed by atoms with van der Waals surface area (Å²) in [7, 11) is 0. The van der Waals surface area contributed by atoms with E-state index in [9.17, 15) is 14.4 Å². The summed E-state index contributed by atoms with van der Waals surface area (Å²) in [4.78, 5) is 41.2. The van der Waals surface area contributed by atoms with Gasteiger partial charge in [-0.3, -0.25) is 14.4 Å². The van der Waals surface area contributed by atoms with Gasteiger partial charge in [-0.15, -0.1) is 0 Å². The Bertz CT molecular complexity index is 1050. The zero-order chi connectivity index (χ0) is 22.8. The Morgan fingerprint density at radius 2 is 1.85 bits per heavy atom. The monoisotopic (exact) mass is 449 g/mol. The van der Waals surface area contributed by atoms with Gasteiger partial charge in [0.1, 0.15) is 0 Å². The van der Waals surface area contributed by atoms with Gasteiger partial charge in [-0.05, 0) is 35.6 Å². The molecule has 1 spiro atoms. The third-order valence-corrected chi connectivity index (χ3v) is 7.40. The van der Waals surface area contributed by atoms with Gasteiger partial charge in [-0.2, -0.15) is 0 Å². The van der Waals surface area contributed by atoms with Crippen molar-refractivity contribution in [3.63, 3.8) is 0 Å². The van der Waals surface area contributed by atoms with Gasteiger partial charge in [0.15, 0.2) is 0 Å². The van der Waals surface area contributed by atoms with E-state index in [-0.39, 0.29) is 23.6 Å². The number of carbonyl (C=O) groups excluding carboxylic acids is 3. The molecule has 2 aromatic rings. The van der Waals surface area contributed by atoms with Crippen molar-refractivity contribution in [2.24, 2.45) is 5.92 Å². The minimum Gasteiger partial charge on any atom is -0.372 e. The molecule has 33 heavy (non-hydrogen) atoms. The van der Waals surface area contributed by atoms with Gasteiger partial charge in [0.2, 0.25) is 17.7 Å². The van der Waals surface area contributed by atoms with Crippen molar-refractivity contribution in [3.05, 3.63) is 48.0 Å². The van der Waals surface area contributed by atoms with Crippen LogP contribution in [-0.2, 0) is 25.7 Å². The Balaban J connectivity index is 1.27. The Labute approximate surface area is 194 Å². The second-order valence-corrected chi connectivity index (χ2v) is 9.53. The van der Waals surface area contributed by atoms with Crippen LogP contribution in [0.4, 0.5) is 0 Å². The van der Waals surface area contributed by atoms with E-state index in [1.807, 2.05) is 28.0 Å². The first-order chi connectivity index (χ1) is 16.0. The first-order valence-electron chi connectivity index (χ1n) is 12.0. The van der Waals surface area contributed by atoms with Crippen molar-refractivity contribution in [2.45, 2.75) is 44.2 Å². The number of carbonyl (C=O) groups is 3. The van der Waals surface area contributed by atoms with Gasteiger partial charge in [0.05, 0.1) is 31.1 Å². The van der Waals surface area contributed by atoms with Crippen LogP contribution in [0.2, 0.25) is 0 Å². The smallest absolute Gasteiger partial charge is 0.227 e. The van der Waals surface area contributed by atoms with Gasteiger partial charge in [-0.25, -0.2) is 0 Å². The van der Waals surface area contributed by atoms with Gasteiger partial charge in [-0.1, -0.05) is 42.5 Å². The topological polar surface area (TPSA) is 79.0 Å². The molecule has 3 saturated heterocycles. The van der Waals surface area contributed by atoms with Crippen molar-refractivity contribution >= 4 is 28.5 Å². The number of likely N-dealkylation sites (tertiary alicyclic amines) is 1. The van der Waals surface area contributed by atoms with E-state index in [2.05, 4.69) is 29.6 Å². The zero-order valence-corrected chi connectivity index (χ0v) is 18.9. The maximum atomic E-state index is 13.0. The molecule has 5 rings (SSSR count). The number of rotatable bonds is 3. The summed E-state index contributed by atoms with van der Waals surface area (Å²) in [5.74, 6) is 0.147. The lowest BCUT2D eigenvalue weighted by atomic mass is 9.88. The molecule has 1 atom stereocenters. The summed E-state index contributed by atoms with van der Waals surface area (Å²) >= 11 is 0. The summed E-state index contributed by atoms with van der Waals surface area (Å²) in [5.41, 5.74) is 0.736. The lowest BCUT2D eigenvalue weighted by Crippen LogP contribution is -2.54. The van der Waals surface area contributed by atoms with E-state index in [0.29, 0.717) is 58.6 Å². The minimum atomic E-state index is -0.408. The summed E-state index contributed by atoms with van der Waals surface area (Å²) < 4.78 is 6.29. The van der Waals surface area contributed by atoms with Crippen LogP contribution >= 0.6 is 0 Å². The predicted octanol–water partition coefficient (Wildman–Crippen LogP) is 2.48. The van der Waals surface area contributed by atoms with Crippen molar-refractivity contribution in [2.75, 3.05) is 32.8 Å². The number of amides is 3. The van der Waals surface area contributed by atoms with E-state index in [0.717, 1.165) is 18.4 Å². The quantitative estimate of drug-likeness (QED) is 0.781. The molecule has 174 valence electrons. The van der Waals surface area contributed by atoms with Crippen LogP contribution in [0.5, 0.6) is 0 Å². The maximum Gasteiger partial charge on any atom is 0.227 e. The zero-order valence-electron chi connectivity index (χ0n) is 18.9. The first-order valence-corrected chi connectivity index (χ1v) is 12.0. The molecule has 0 aromatic heterocycles. The molecule has 0 saturated carbocycles. The largest absolute Gasteiger partial charge is 0.372 e. The Morgan fingerprint density at radius 3 is 2.64 bits per heavy atom. The average molecular weight is 450 g/mol. The summed E-state index contributed by atoms with van der Waals surface area (Å²) in [6, 6.07) is 14.5. The molecule has 7 nitrogen and oxygen atoms in total. The van der Waals surface area contributed by atoms with Gasteiger partial charge < -0.3 is 19.9 Å². The highest BCUT2D eigenvalue weighted by Crippen LogP contribution is 2.32. The summed E-state index contributed by atoms with van der Waals surface area (Å²) in [6.07, 6.45) is 2.86. The van der Waals surface area contributed by atoms with Crippen LogP contribution in [0.3, 0.4) is 0 Å². The molecule has 0 bridgehead atoms. The summed E-state index contributed by atoms with van der Waals surface area (Å²) in [6.45, 7) is 3.22. The van der Waals surface area contributed by atoms with Crippen molar-refractivity contribution in [1.82, 2.24) is 15.1 Å². The van der Waals surface area contributed by atoms with Gasteiger partial charge in [0, 0.05) is 32.6 Å². The number of nitrogens with one attached hydrogen (secondary N) is 1. The van der Waals surface area contributed by atoms with Crippen LogP contribution in [-0.4, -0.2) is 65.9 Å². The first kappa shape index (κ1) is 21.9. The molecular formula is C26H31N3O4. The highest BCUT2D eigenvalue weighted by atomic mass is 16.5. The lowest BCUT2D eigenvalue weighted by molar-refractivity contribution is -0.145. The number of fused-ring (bicyclic) bond motifs is 1. The van der Waals surface area contributed by atoms with Crippen molar-refractivity contribution in [1.29, 1.82) is 0 Å². The second kappa shape index (κ2) is 9.14. The van der Waals surface area contributed by atoms with Gasteiger partial charge >= 0.3 is 0 Å². The molecule has 2 aromatic carbocycles. The molecule has 3 aliphatic heterocycles. The molecule has 1 unspecified atom stereocenters. The average Bonchev–Trinajstić information content (AvgIpc) is 2.98. The third-order valence-electron chi connectivity index (χ3n) is 7.40. The summed E-state index contributed by atoms with van der Waals surface area (Å²) in [5, 5.41) is 5.16. The molecule has 3 heterocycles. The molecular weight excluding hydrogens is 418 g/mol. The highest BCUT2D eigenvalue weighted by molar-refractivity contribution is 5.86. The van der Waals surface area contributed by atoms with E-state index >= 15 is 0 Å². The SMILES string of the molecule is O=C1CCC(C(=O)N2CCC3(CC2)CN(Cc2cccc4ccccc24)C(=O)CCO3)CN1. The van der Waals surface area contributed by atoms with Crippen LogP contribution in [0.1, 0.15) is 37.7 Å². The normalized spacial score (nSPS) is 23.5. The number of benzene rings is 2. The number of hydrogen-bond donors (Lipinski definition) is 1. The molecule has 0 aliphatic carbocycles. The fourth-order valence-corrected chi connectivity index (χ4v) is 5.41. The van der Waals surface area contributed by atoms with Crippen molar-refractivity contribution in [3.8, 4) is 0 Å². The van der Waals surface area contributed by atoms with E-state index in [4.69, 9.17) is 4.74 Å². The minimum absolute atomic E-state index is 0.0273. The van der Waals surface area contributed by atoms with Gasteiger partial charge in [0.25, 0.3) is 0 Å². The Morgan fingerprint density at radius 1 is 1.06 bits per heavy atom. The molecule has 1 N–H and O–H groups in total. The fourth-order valence-electron chi connectivity index (χ4n) is 5.41. The molecule has 0 radical (unpaired) electrons. The predicted molar refractivity (Wildman–Crippen MR) is 124 cm³/mol. The van der Waals surface area contributed by atoms with Crippen LogP contribution in [0.25, 0.3) is 10.8 Å². The number of ether oxygens (including phenoxy) is 1. The molecule has 7 heteroatoms. The van der Waals surface area contributed by atoms with E-state index in [1.54, 1.807) is 0 Å². The molecule has 3 aliphatic rings. The third kappa shape index (κ3) is 4.60. The number of hydrogen-bond acceptors (Lipinski definition) is 4. The standard InChI is InChI=1S/C26H31N3O4/c30-23-9-8-20(16-27-23)25(32)28-13-11-26(12-14-28)18-29(24(31)10-15-33-26)17-21-6-3-5-19-4-1-2-7-22(19)21/h1-7,20H,8-18H2,(H,27,30). The van der Waals surface area contributed by atoms with Crippen molar-refractivity contribution < 1.29 is 19.1 Å². The second-order valence-electron chi connectivity index (χ2n) is 9.53. The van der Waals surface area contributed by atoms with E-state index < -0.39 is 5.60 Å². The number of piperidine rings is 2. The fraction of sp³-hybridized carbons (Fsp3) is 0.500. The highest BCUT2D eigenvalue weighted by Gasteiger charge is 2.42. The van der Waals surface area contributed by atoms with E-state index in [1.165, 1.54) is 10.8 Å². The van der Waals surface area contributed by atoms with Crippen LogP contribution in [0.15, 0.2) is 42.5 Å². The maximum absolute atomic E-state index is 13.0. The van der Waals surface area contributed by atoms with Crippen LogP contribution in [0, 0.1) is 5.92 Å².